The Hall–Kier alpha value is -1.92. The molecule has 1 N–H and O–H groups in total. The van der Waals surface area contributed by atoms with Crippen LogP contribution in [-0.4, -0.2) is 48.6 Å². The van der Waals surface area contributed by atoms with E-state index in [1.54, 1.807) is 0 Å². The number of esters is 2. The Morgan fingerprint density at radius 2 is 0.941 bits per heavy atom. The standard InChI is InChI=1S/C45H80O6/c1-3-5-7-8-9-10-11-12-13-14-15-16-17-18-19-23-26-29-33-37-44(47)49-39-41(46)40-50-45(48)38-34-30-27-24-21-20-22-25-28-32-36-43-42(51-43)35-31-6-4-2/h20,22,24,27-28,32,41-43,46H,3-19,21,23,25-26,29-31,33-40H2,1-2H3/b22-20-,27-24-,32-28-/t41-,42?,43?/m1/s1. The molecule has 3 atom stereocenters. The van der Waals surface area contributed by atoms with Crippen molar-refractivity contribution in [2.75, 3.05) is 13.2 Å². The quantitative estimate of drug-likeness (QED) is 0.0296. The Bertz CT molecular complexity index is 880. The minimum Gasteiger partial charge on any atom is -0.463 e. The first-order chi connectivity index (χ1) is 25.1. The van der Waals surface area contributed by atoms with E-state index in [0.717, 1.165) is 44.9 Å². The van der Waals surface area contributed by atoms with E-state index >= 15 is 0 Å². The van der Waals surface area contributed by atoms with Gasteiger partial charge in [-0.05, 0) is 44.9 Å². The summed E-state index contributed by atoms with van der Waals surface area (Å²) >= 11 is 0. The van der Waals surface area contributed by atoms with Crippen molar-refractivity contribution in [3.8, 4) is 0 Å². The summed E-state index contributed by atoms with van der Waals surface area (Å²) in [6.07, 6.45) is 48.2. The summed E-state index contributed by atoms with van der Waals surface area (Å²) in [4.78, 5) is 24.0. The highest BCUT2D eigenvalue weighted by Gasteiger charge is 2.36. The van der Waals surface area contributed by atoms with E-state index in [9.17, 15) is 14.7 Å². The van der Waals surface area contributed by atoms with Crippen molar-refractivity contribution in [3.63, 3.8) is 0 Å². The maximum absolute atomic E-state index is 12.0. The number of carbonyl (C=O) groups is 2. The van der Waals surface area contributed by atoms with E-state index in [4.69, 9.17) is 14.2 Å². The third-order valence-corrected chi connectivity index (χ3v) is 9.80. The van der Waals surface area contributed by atoms with Crippen LogP contribution in [0.1, 0.15) is 206 Å². The third-order valence-electron chi connectivity index (χ3n) is 9.80. The predicted molar refractivity (Wildman–Crippen MR) is 214 cm³/mol. The lowest BCUT2D eigenvalue weighted by Crippen LogP contribution is -2.25. The molecule has 1 rings (SSSR count). The Balaban J connectivity index is 1.82. The van der Waals surface area contributed by atoms with Crippen LogP contribution in [0.4, 0.5) is 0 Å². The van der Waals surface area contributed by atoms with Crippen molar-refractivity contribution in [1.82, 2.24) is 0 Å². The number of rotatable bonds is 38. The number of epoxide rings is 1. The van der Waals surface area contributed by atoms with Crippen LogP contribution in [-0.2, 0) is 23.8 Å². The van der Waals surface area contributed by atoms with Gasteiger partial charge in [-0.25, -0.2) is 0 Å². The van der Waals surface area contributed by atoms with Crippen LogP contribution in [0, 0.1) is 0 Å². The summed E-state index contributed by atoms with van der Waals surface area (Å²) in [6.45, 7) is 4.24. The number of hydrogen-bond donors (Lipinski definition) is 1. The van der Waals surface area contributed by atoms with Crippen molar-refractivity contribution in [1.29, 1.82) is 0 Å². The molecule has 2 unspecified atom stereocenters. The van der Waals surface area contributed by atoms with E-state index < -0.39 is 6.10 Å². The fourth-order valence-electron chi connectivity index (χ4n) is 6.41. The highest BCUT2D eigenvalue weighted by molar-refractivity contribution is 5.69. The summed E-state index contributed by atoms with van der Waals surface area (Å²) < 4.78 is 16.0. The molecule has 1 heterocycles. The molecule has 0 radical (unpaired) electrons. The third kappa shape index (κ3) is 33.7. The van der Waals surface area contributed by atoms with Crippen LogP contribution >= 0.6 is 0 Å². The lowest BCUT2D eigenvalue weighted by atomic mass is 10.0. The summed E-state index contributed by atoms with van der Waals surface area (Å²) in [5.41, 5.74) is 0. The van der Waals surface area contributed by atoms with E-state index in [1.165, 1.54) is 128 Å². The van der Waals surface area contributed by atoms with Crippen LogP contribution in [0.5, 0.6) is 0 Å². The fourth-order valence-corrected chi connectivity index (χ4v) is 6.41. The van der Waals surface area contributed by atoms with Crippen LogP contribution in [0.3, 0.4) is 0 Å². The predicted octanol–water partition coefficient (Wildman–Crippen LogP) is 12.6. The number of unbranched alkanes of at least 4 members (excludes halogenated alkanes) is 21. The van der Waals surface area contributed by atoms with Gasteiger partial charge in [0.25, 0.3) is 0 Å². The molecule has 6 nitrogen and oxygen atoms in total. The molecule has 51 heavy (non-hydrogen) atoms. The Labute approximate surface area is 314 Å². The van der Waals surface area contributed by atoms with Gasteiger partial charge in [-0.15, -0.1) is 0 Å². The van der Waals surface area contributed by atoms with Gasteiger partial charge in [0.2, 0.25) is 0 Å². The molecule has 0 spiro atoms. The number of aliphatic hydroxyl groups excluding tert-OH is 1. The van der Waals surface area contributed by atoms with Gasteiger partial charge < -0.3 is 19.3 Å². The van der Waals surface area contributed by atoms with Crippen molar-refractivity contribution in [2.24, 2.45) is 0 Å². The second-order valence-corrected chi connectivity index (χ2v) is 14.9. The van der Waals surface area contributed by atoms with Gasteiger partial charge in [-0.3, -0.25) is 9.59 Å². The van der Waals surface area contributed by atoms with Crippen molar-refractivity contribution in [2.45, 2.75) is 225 Å². The lowest BCUT2D eigenvalue weighted by molar-refractivity contribution is -0.152. The van der Waals surface area contributed by atoms with Gasteiger partial charge >= 0.3 is 11.9 Å². The molecule has 6 heteroatoms. The minimum absolute atomic E-state index is 0.133. The molecule has 1 aliphatic rings. The van der Waals surface area contributed by atoms with Crippen molar-refractivity contribution >= 4 is 11.9 Å². The molecule has 296 valence electrons. The van der Waals surface area contributed by atoms with Gasteiger partial charge in [0.05, 0.1) is 12.2 Å². The number of allylic oxidation sites excluding steroid dienone is 5. The maximum Gasteiger partial charge on any atom is 0.305 e. The molecule has 0 bridgehead atoms. The number of ether oxygens (including phenoxy) is 3. The molecular weight excluding hydrogens is 636 g/mol. The maximum atomic E-state index is 12.0. The number of carbonyl (C=O) groups excluding carboxylic acids is 2. The lowest BCUT2D eigenvalue weighted by Gasteiger charge is -2.12. The van der Waals surface area contributed by atoms with Gasteiger partial charge in [0.1, 0.15) is 19.3 Å². The fraction of sp³-hybridized carbons (Fsp3) is 0.822. The number of aliphatic hydroxyl groups is 1. The monoisotopic (exact) mass is 717 g/mol. The van der Waals surface area contributed by atoms with E-state index in [-0.39, 0.29) is 25.2 Å². The first kappa shape index (κ1) is 47.1. The topological polar surface area (TPSA) is 85.4 Å². The summed E-state index contributed by atoms with van der Waals surface area (Å²) in [5, 5.41) is 10.0. The summed E-state index contributed by atoms with van der Waals surface area (Å²) in [7, 11) is 0. The molecule has 0 amide bonds. The normalized spacial score (nSPS) is 16.5. The first-order valence-corrected chi connectivity index (χ1v) is 21.7. The summed E-state index contributed by atoms with van der Waals surface area (Å²) in [6, 6.07) is 0. The van der Waals surface area contributed by atoms with Gasteiger partial charge in [-0.1, -0.05) is 185 Å². The Kier molecular flexibility index (Phi) is 33.7. The largest absolute Gasteiger partial charge is 0.463 e. The van der Waals surface area contributed by atoms with Crippen molar-refractivity contribution in [3.05, 3.63) is 36.5 Å². The SMILES string of the molecule is CCCCCCCCCCCCCCCCCCCCCC(=O)OC[C@@H](O)COC(=O)CCC/C=C\C/C=C\C/C=C\CC1OC1CCCCC. The van der Waals surface area contributed by atoms with Crippen LogP contribution in [0.25, 0.3) is 0 Å². The zero-order chi connectivity index (χ0) is 36.9. The average molecular weight is 717 g/mol. The summed E-state index contributed by atoms with van der Waals surface area (Å²) in [5.74, 6) is -0.626. The second kappa shape index (κ2) is 36.4. The van der Waals surface area contributed by atoms with E-state index in [2.05, 4.69) is 50.3 Å². The molecule has 1 aliphatic heterocycles. The molecule has 1 saturated heterocycles. The van der Waals surface area contributed by atoms with Gasteiger partial charge in [-0.2, -0.15) is 0 Å². The van der Waals surface area contributed by atoms with Gasteiger partial charge in [0, 0.05) is 12.8 Å². The molecule has 0 aliphatic carbocycles. The van der Waals surface area contributed by atoms with Crippen molar-refractivity contribution < 1.29 is 28.9 Å². The number of hydrogen-bond acceptors (Lipinski definition) is 6. The molecule has 0 saturated carbocycles. The Morgan fingerprint density at radius 1 is 0.529 bits per heavy atom. The zero-order valence-electron chi connectivity index (χ0n) is 33.3. The molecule has 1 fully saturated rings. The highest BCUT2D eigenvalue weighted by atomic mass is 16.6. The molecule has 0 aromatic heterocycles. The zero-order valence-corrected chi connectivity index (χ0v) is 33.3. The smallest absolute Gasteiger partial charge is 0.305 e. The highest BCUT2D eigenvalue weighted by Crippen LogP contribution is 2.30. The average Bonchev–Trinajstić information content (AvgIpc) is 3.89. The molecular formula is C45H80O6. The second-order valence-electron chi connectivity index (χ2n) is 14.9. The molecule has 0 aromatic rings. The van der Waals surface area contributed by atoms with Crippen LogP contribution in [0.15, 0.2) is 36.5 Å². The van der Waals surface area contributed by atoms with Crippen LogP contribution < -0.4 is 0 Å². The van der Waals surface area contributed by atoms with Crippen LogP contribution in [0.2, 0.25) is 0 Å². The van der Waals surface area contributed by atoms with E-state index in [0.29, 0.717) is 31.5 Å². The van der Waals surface area contributed by atoms with E-state index in [1.807, 2.05) is 0 Å². The minimum atomic E-state index is -0.987. The van der Waals surface area contributed by atoms with Gasteiger partial charge in [0.15, 0.2) is 0 Å². The Morgan fingerprint density at radius 3 is 1.45 bits per heavy atom. The molecule has 0 aromatic carbocycles. The first-order valence-electron chi connectivity index (χ1n) is 21.7.